The number of carbonyl (C=O) groups excluding carboxylic acids is 2. The summed E-state index contributed by atoms with van der Waals surface area (Å²) in [7, 11) is 1.63. The van der Waals surface area contributed by atoms with Crippen LogP contribution < -0.4 is 10.1 Å². The standard InChI is InChI=1S/C32H36N4O3/c1-21(2)18-35(31(38)28-10-8-7-9-23(28)4)20-30(37)34-32-33-29(25-12-15-27(39-6)16-13-25)19-36(32)26-14-11-22(3)24(5)17-26/h7-17,19,21H,18,20H2,1-6H3,(H,33,34,37). The molecular formula is C32H36N4O3. The van der Waals surface area contributed by atoms with E-state index in [0.29, 0.717) is 23.8 Å². The zero-order chi connectivity index (χ0) is 28.1. The van der Waals surface area contributed by atoms with Gasteiger partial charge in [-0.3, -0.25) is 19.5 Å². The molecule has 7 heteroatoms. The van der Waals surface area contributed by atoms with Crippen LogP contribution in [0.5, 0.6) is 5.75 Å². The number of aromatic nitrogens is 2. The van der Waals surface area contributed by atoms with Crippen molar-refractivity contribution in [2.75, 3.05) is 25.5 Å². The van der Waals surface area contributed by atoms with Crippen molar-refractivity contribution in [3.05, 3.63) is 95.2 Å². The second-order valence-electron chi connectivity index (χ2n) is 10.3. The highest BCUT2D eigenvalue weighted by Gasteiger charge is 2.23. The Balaban J connectivity index is 1.65. The Labute approximate surface area is 230 Å². The lowest BCUT2D eigenvalue weighted by Gasteiger charge is -2.25. The molecule has 202 valence electrons. The van der Waals surface area contributed by atoms with Gasteiger partial charge in [-0.05, 0) is 85.8 Å². The Morgan fingerprint density at radius 3 is 2.31 bits per heavy atom. The molecule has 0 aliphatic carbocycles. The quantitative estimate of drug-likeness (QED) is 0.282. The van der Waals surface area contributed by atoms with Gasteiger partial charge in [0.15, 0.2) is 0 Å². The Morgan fingerprint density at radius 1 is 0.949 bits per heavy atom. The molecule has 0 aliphatic heterocycles. The second-order valence-corrected chi connectivity index (χ2v) is 10.3. The summed E-state index contributed by atoms with van der Waals surface area (Å²) < 4.78 is 7.16. The first-order chi connectivity index (χ1) is 18.7. The number of ether oxygens (including phenoxy) is 1. The van der Waals surface area contributed by atoms with Gasteiger partial charge in [-0.2, -0.15) is 0 Å². The highest BCUT2D eigenvalue weighted by atomic mass is 16.5. The smallest absolute Gasteiger partial charge is 0.254 e. The van der Waals surface area contributed by atoms with Crippen molar-refractivity contribution in [2.45, 2.75) is 34.6 Å². The Morgan fingerprint density at radius 2 is 1.67 bits per heavy atom. The normalized spacial score (nSPS) is 10.9. The zero-order valence-electron chi connectivity index (χ0n) is 23.5. The van der Waals surface area contributed by atoms with Crippen molar-refractivity contribution in [1.29, 1.82) is 0 Å². The number of hydrogen-bond donors (Lipinski definition) is 1. The molecule has 0 bridgehead atoms. The van der Waals surface area contributed by atoms with Crippen molar-refractivity contribution < 1.29 is 14.3 Å². The van der Waals surface area contributed by atoms with Crippen molar-refractivity contribution in [3.8, 4) is 22.7 Å². The summed E-state index contributed by atoms with van der Waals surface area (Å²) in [4.78, 5) is 33.2. The van der Waals surface area contributed by atoms with Gasteiger partial charge in [0.25, 0.3) is 5.91 Å². The second kappa shape index (κ2) is 12.0. The average molecular weight is 525 g/mol. The summed E-state index contributed by atoms with van der Waals surface area (Å²) in [6, 6.07) is 21.2. The SMILES string of the molecule is COc1ccc(-c2cn(-c3ccc(C)c(C)c3)c(NC(=O)CN(CC(C)C)C(=O)c3ccccc3C)n2)cc1. The molecule has 1 N–H and O–H groups in total. The van der Waals surface area contributed by atoms with Crippen LogP contribution in [0.1, 0.15) is 40.9 Å². The van der Waals surface area contributed by atoms with Gasteiger partial charge in [0.2, 0.25) is 11.9 Å². The van der Waals surface area contributed by atoms with E-state index in [1.807, 2.05) is 80.1 Å². The maximum absolute atomic E-state index is 13.4. The van der Waals surface area contributed by atoms with E-state index >= 15 is 0 Å². The van der Waals surface area contributed by atoms with Crippen LogP contribution in [-0.2, 0) is 4.79 Å². The predicted molar refractivity (Wildman–Crippen MR) is 156 cm³/mol. The number of aryl methyl sites for hydroxylation is 3. The number of anilines is 1. The molecule has 0 spiro atoms. The Kier molecular flexibility index (Phi) is 8.49. The summed E-state index contributed by atoms with van der Waals surface area (Å²) in [5.41, 5.74) is 6.28. The molecule has 0 atom stereocenters. The van der Waals surface area contributed by atoms with E-state index in [2.05, 4.69) is 31.3 Å². The van der Waals surface area contributed by atoms with Crippen molar-refractivity contribution in [1.82, 2.24) is 14.5 Å². The van der Waals surface area contributed by atoms with Gasteiger partial charge in [-0.1, -0.05) is 38.1 Å². The van der Waals surface area contributed by atoms with E-state index in [9.17, 15) is 9.59 Å². The lowest BCUT2D eigenvalue weighted by atomic mass is 10.1. The van der Waals surface area contributed by atoms with Crippen LogP contribution in [0.2, 0.25) is 0 Å². The molecule has 0 unspecified atom stereocenters. The lowest BCUT2D eigenvalue weighted by Crippen LogP contribution is -2.40. The molecule has 7 nitrogen and oxygen atoms in total. The number of benzene rings is 3. The van der Waals surface area contributed by atoms with Gasteiger partial charge >= 0.3 is 0 Å². The van der Waals surface area contributed by atoms with Gasteiger partial charge in [-0.25, -0.2) is 4.98 Å². The minimum Gasteiger partial charge on any atom is -0.497 e. The topological polar surface area (TPSA) is 76.5 Å². The van der Waals surface area contributed by atoms with Gasteiger partial charge in [-0.15, -0.1) is 0 Å². The third-order valence-corrected chi connectivity index (χ3v) is 6.69. The van der Waals surface area contributed by atoms with Crippen LogP contribution in [0.3, 0.4) is 0 Å². The number of nitrogens with one attached hydrogen (secondary N) is 1. The first kappa shape index (κ1) is 27.6. The highest BCUT2D eigenvalue weighted by molar-refractivity contribution is 6.00. The van der Waals surface area contributed by atoms with Crippen LogP contribution in [-0.4, -0.2) is 46.5 Å². The maximum atomic E-state index is 13.4. The van der Waals surface area contributed by atoms with E-state index in [0.717, 1.165) is 28.1 Å². The molecule has 1 aromatic heterocycles. The first-order valence-corrected chi connectivity index (χ1v) is 13.1. The first-order valence-electron chi connectivity index (χ1n) is 13.1. The third-order valence-electron chi connectivity index (χ3n) is 6.69. The molecule has 39 heavy (non-hydrogen) atoms. The van der Waals surface area contributed by atoms with E-state index < -0.39 is 0 Å². The fraction of sp³-hybridized carbons (Fsp3) is 0.281. The largest absolute Gasteiger partial charge is 0.497 e. The van der Waals surface area contributed by atoms with Crippen molar-refractivity contribution in [3.63, 3.8) is 0 Å². The third kappa shape index (κ3) is 6.55. The van der Waals surface area contributed by atoms with Crippen LogP contribution in [0.15, 0.2) is 72.9 Å². The van der Waals surface area contributed by atoms with E-state index in [1.54, 1.807) is 18.1 Å². The predicted octanol–water partition coefficient (Wildman–Crippen LogP) is 6.21. The molecule has 0 saturated heterocycles. The van der Waals surface area contributed by atoms with Gasteiger partial charge < -0.3 is 9.64 Å². The zero-order valence-corrected chi connectivity index (χ0v) is 23.5. The summed E-state index contributed by atoms with van der Waals surface area (Å²) in [6.07, 6.45) is 1.91. The molecule has 3 aromatic carbocycles. The molecule has 4 aromatic rings. The van der Waals surface area contributed by atoms with Gasteiger partial charge in [0.05, 0.1) is 12.8 Å². The Hall–Kier alpha value is -4.39. The van der Waals surface area contributed by atoms with Crippen LogP contribution in [0.4, 0.5) is 5.95 Å². The van der Waals surface area contributed by atoms with Crippen LogP contribution >= 0.6 is 0 Å². The summed E-state index contributed by atoms with van der Waals surface area (Å²) in [6.45, 7) is 10.5. The summed E-state index contributed by atoms with van der Waals surface area (Å²) in [5, 5.41) is 2.97. The highest BCUT2D eigenvalue weighted by Crippen LogP contribution is 2.27. The van der Waals surface area contributed by atoms with Gasteiger partial charge in [0.1, 0.15) is 12.3 Å². The molecule has 0 fully saturated rings. The minimum atomic E-state index is -0.311. The fourth-order valence-corrected chi connectivity index (χ4v) is 4.42. The number of nitrogens with zero attached hydrogens (tertiary/aromatic N) is 3. The molecule has 0 saturated carbocycles. The van der Waals surface area contributed by atoms with Crippen molar-refractivity contribution in [2.24, 2.45) is 5.92 Å². The number of rotatable bonds is 9. The van der Waals surface area contributed by atoms with Crippen molar-refractivity contribution >= 4 is 17.8 Å². The molecule has 2 amide bonds. The van der Waals surface area contributed by atoms with E-state index in [1.165, 1.54) is 5.56 Å². The maximum Gasteiger partial charge on any atom is 0.254 e. The monoisotopic (exact) mass is 524 g/mol. The molecular weight excluding hydrogens is 488 g/mol. The number of imidazole rings is 1. The summed E-state index contributed by atoms with van der Waals surface area (Å²) in [5.74, 6) is 0.874. The lowest BCUT2D eigenvalue weighted by molar-refractivity contribution is -0.117. The Bertz CT molecular complexity index is 1470. The fourth-order valence-electron chi connectivity index (χ4n) is 4.42. The molecule has 0 aliphatic rings. The number of hydrogen-bond acceptors (Lipinski definition) is 4. The van der Waals surface area contributed by atoms with E-state index in [4.69, 9.17) is 9.72 Å². The molecule has 0 radical (unpaired) electrons. The number of amides is 2. The van der Waals surface area contributed by atoms with Gasteiger partial charge in [0, 0.05) is 29.6 Å². The summed E-state index contributed by atoms with van der Waals surface area (Å²) >= 11 is 0. The average Bonchev–Trinajstić information content (AvgIpc) is 3.33. The van der Waals surface area contributed by atoms with E-state index in [-0.39, 0.29) is 24.3 Å². The molecule has 4 rings (SSSR count). The van der Waals surface area contributed by atoms with Crippen LogP contribution in [0, 0.1) is 26.7 Å². The molecule has 1 heterocycles. The minimum absolute atomic E-state index is 0.0804. The van der Waals surface area contributed by atoms with Crippen LogP contribution in [0.25, 0.3) is 16.9 Å². The number of methoxy groups -OCH3 is 1. The number of carbonyl (C=O) groups is 2.